The van der Waals surface area contributed by atoms with Crippen molar-refractivity contribution in [2.24, 2.45) is 11.8 Å². The maximum absolute atomic E-state index is 10.2. The molecule has 2 aromatic carbocycles. The van der Waals surface area contributed by atoms with Gasteiger partial charge in [0.1, 0.15) is 23.7 Å². The molecule has 0 radical (unpaired) electrons. The van der Waals surface area contributed by atoms with E-state index in [1.54, 1.807) is 14.2 Å². The molecule has 8 heteroatoms. The van der Waals surface area contributed by atoms with Gasteiger partial charge in [0.2, 0.25) is 0 Å². The Bertz CT molecular complexity index is 883. The summed E-state index contributed by atoms with van der Waals surface area (Å²) in [6, 6.07) is 15.5. The smallest absolute Gasteiger partial charge is 0.170 e. The number of ether oxygens (including phenoxy) is 6. The molecule has 204 valence electrons. The SMILES string of the molecule is COc1ccc(CO[C@@H]2[C@H](CO)OC3(C[C@@H]2C)C[C@H](C)[C@H](OCc2ccc(OC)cc2)[C@H](CO)O3)cc1. The zero-order valence-electron chi connectivity index (χ0n) is 22.2. The summed E-state index contributed by atoms with van der Waals surface area (Å²) in [7, 11) is 3.28. The minimum Gasteiger partial charge on any atom is -0.497 e. The molecule has 2 fully saturated rings. The van der Waals surface area contributed by atoms with Crippen molar-refractivity contribution in [1.82, 2.24) is 0 Å². The summed E-state index contributed by atoms with van der Waals surface area (Å²) < 4.78 is 35.7. The first-order valence-electron chi connectivity index (χ1n) is 13.0. The molecule has 1 spiro atoms. The fourth-order valence-electron chi connectivity index (χ4n) is 5.59. The van der Waals surface area contributed by atoms with E-state index in [0.717, 1.165) is 22.6 Å². The van der Waals surface area contributed by atoms with Gasteiger partial charge in [-0.05, 0) is 47.2 Å². The Morgan fingerprint density at radius 3 is 1.41 bits per heavy atom. The Morgan fingerprint density at radius 2 is 1.08 bits per heavy atom. The van der Waals surface area contributed by atoms with Crippen molar-refractivity contribution in [2.75, 3.05) is 27.4 Å². The van der Waals surface area contributed by atoms with Gasteiger partial charge in [-0.1, -0.05) is 38.1 Å². The van der Waals surface area contributed by atoms with Gasteiger partial charge in [-0.3, -0.25) is 0 Å². The summed E-state index contributed by atoms with van der Waals surface area (Å²) in [6.07, 6.45) is -0.442. The first-order chi connectivity index (χ1) is 17.9. The van der Waals surface area contributed by atoms with E-state index in [2.05, 4.69) is 13.8 Å². The first-order valence-corrected chi connectivity index (χ1v) is 13.0. The minimum absolute atomic E-state index is 0.0764. The molecule has 0 saturated carbocycles. The Balaban J connectivity index is 1.38. The average Bonchev–Trinajstić information content (AvgIpc) is 2.92. The van der Waals surface area contributed by atoms with Crippen LogP contribution in [0.15, 0.2) is 48.5 Å². The monoisotopic (exact) mass is 516 g/mol. The third-order valence-corrected chi connectivity index (χ3v) is 7.42. The van der Waals surface area contributed by atoms with Crippen molar-refractivity contribution in [3.05, 3.63) is 59.7 Å². The molecule has 2 saturated heterocycles. The largest absolute Gasteiger partial charge is 0.497 e. The number of hydrogen-bond donors (Lipinski definition) is 2. The molecule has 37 heavy (non-hydrogen) atoms. The quantitative estimate of drug-likeness (QED) is 0.494. The highest BCUT2D eigenvalue weighted by atomic mass is 16.7. The maximum atomic E-state index is 10.2. The van der Waals surface area contributed by atoms with E-state index in [1.807, 2.05) is 48.5 Å². The lowest BCUT2D eigenvalue weighted by molar-refractivity contribution is -0.370. The highest BCUT2D eigenvalue weighted by molar-refractivity contribution is 5.27. The number of aliphatic hydroxyl groups excluding tert-OH is 2. The van der Waals surface area contributed by atoms with Gasteiger partial charge in [0.05, 0.1) is 52.9 Å². The fourth-order valence-corrected chi connectivity index (χ4v) is 5.59. The minimum atomic E-state index is -0.903. The van der Waals surface area contributed by atoms with Crippen LogP contribution in [0.3, 0.4) is 0 Å². The zero-order valence-corrected chi connectivity index (χ0v) is 22.2. The molecule has 8 nitrogen and oxygen atoms in total. The Labute approximate surface area is 219 Å². The molecule has 2 aliphatic rings. The number of aliphatic hydroxyl groups is 2. The van der Waals surface area contributed by atoms with Crippen molar-refractivity contribution in [3.8, 4) is 11.5 Å². The van der Waals surface area contributed by atoms with Crippen LogP contribution in [0.1, 0.15) is 37.8 Å². The molecule has 2 N–H and O–H groups in total. The first kappa shape index (κ1) is 27.8. The van der Waals surface area contributed by atoms with Crippen molar-refractivity contribution in [3.63, 3.8) is 0 Å². The third-order valence-electron chi connectivity index (χ3n) is 7.42. The van der Waals surface area contributed by atoms with Crippen LogP contribution in [0.2, 0.25) is 0 Å². The van der Waals surface area contributed by atoms with Gasteiger partial charge in [-0.15, -0.1) is 0 Å². The molecular weight excluding hydrogens is 476 g/mol. The fraction of sp³-hybridized carbons (Fsp3) is 0.586. The van der Waals surface area contributed by atoms with Gasteiger partial charge < -0.3 is 38.6 Å². The van der Waals surface area contributed by atoms with Crippen LogP contribution in [0, 0.1) is 11.8 Å². The van der Waals surface area contributed by atoms with E-state index in [0.29, 0.717) is 26.1 Å². The van der Waals surface area contributed by atoms with Crippen LogP contribution in [-0.4, -0.2) is 67.8 Å². The summed E-state index contributed by atoms with van der Waals surface area (Å²) in [5.41, 5.74) is 2.04. The second-order valence-electron chi connectivity index (χ2n) is 10.2. The third kappa shape index (κ3) is 6.63. The highest BCUT2D eigenvalue weighted by Crippen LogP contribution is 2.45. The summed E-state index contributed by atoms with van der Waals surface area (Å²) in [5, 5.41) is 20.4. The second kappa shape index (κ2) is 12.6. The molecule has 0 aromatic heterocycles. The van der Waals surface area contributed by atoms with Crippen LogP contribution in [-0.2, 0) is 32.2 Å². The van der Waals surface area contributed by atoms with Crippen LogP contribution >= 0.6 is 0 Å². The lowest BCUT2D eigenvalue weighted by Crippen LogP contribution is -2.61. The van der Waals surface area contributed by atoms with Gasteiger partial charge in [0.15, 0.2) is 5.79 Å². The molecule has 2 heterocycles. The molecular formula is C29H40O8. The van der Waals surface area contributed by atoms with Gasteiger partial charge in [0, 0.05) is 12.8 Å². The van der Waals surface area contributed by atoms with E-state index in [4.69, 9.17) is 28.4 Å². The average molecular weight is 517 g/mol. The van der Waals surface area contributed by atoms with E-state index in [9.17, 15) is 10.2 Å². The standard InChI is InChI=1S/C29H40O8/c1-19-13-29(36-25(15-30)27(19)34-17-21-5-9-23(32-3)10-6-21)14-20(2)28(26(16-31)37-29)35-18-22-7-11-24(33-4)12-8-22/h5-12,19-20,25-28,30-31H,13-18H2,1-4H3/t19-,20-,25-,26-,27-,28-,29?/m0/s1. The van der Waals surface area contributed by atoms with Crippen molar-refractivity contribution < 1.29 is 38.6 Å². The maximum Gasteiger partial charge on any atom is 0.170 e. The van der Waals surface area contributed by atoms with E-state index in [1.165, 1.54) is 0 Å². The van der Waals surface area contributed by atoms with Crippen molar-refractivity contribution in [2.45, 2.75) is 70.1 Å². The van der Waals surface area contributed by atoms with Gasteiger partial charge in [-0.2, -0.15) is 0 Å². The summed E-state index contributed by atoms with van der Waals surface area (Å²) in [6.45, 7) is 4.64. The number of methoxy groups -OCH3 is 2. The van der Waals surface area contributed by atoms with Crippen molar-refractivity contribution in [1.29, 1.82) is 0 Å². The number of hydrogen-bond acceptors (Lipinski definition) is 8. The van der Waals surface area contributed by atoms with Crippen LogP contribution in [0.4, 0.5) is 0 Å². The molecule has 4 rings (SSSR count). The molecule has 0 bridgehead atoms. The van der Waals surface area contributed by atoms with Crippen LogP contribution in [0.25, 0.3) is 0 Å². The molecule has 2 aromatic rings. The Hall–Kier alpha value is -2.20. The molecule has 0 amide bonds. The Morgan fingerprint density at radius 1 is 0.703 bits per heavy atom. The number of rotatable bonds is 10. The van der Waals surface area contributed by atoms with E-state index in [-0.39, 0.29) is 37.3 Å². The van der Waals surface area contributed by atoms with Crippen LogP contribution in [0.5, 0.6) is 11.5 Å². The zero-order chi connectivity index (χ0) is 26.4. The predicted molar refractivity (Wildman–Crippen MR) is 137 cm³/mol. The van der Waals surface area contributed by atoms with Crippen molar-refractivity contribution >= 4 is 0 Å². The summed E-state index contributed by atoms with van der Waals surface area (Å²) >= 11 is 0. The van der Waals surface area contributed by atoms with E-state index < -0.39 is 18.0 Å². The van der Waals surface area contributed by atoms with E-state index >= 15 is 0 Å². The predicted octanol–water partition coefficient (Wildman–Crippen LogP) is 3.71. The summed E-state index contributed by atoms with van der Waals surface area (Å²) in [4.78, 5) is 0. The molecule has 2 aliphatic heterocycles. The van der Waals surface area contributed by atoms with Gasteiger partial charge >= 0.3 is 0 Å². The van der Waals surface area contributed by atoms with Crippen LogP contribution < -0.4 is 9.47 Å². The number of benzene rings is 2. The normalized spacial score (nSPS) is 31.8. The topological polar surface area (TPSA) is 95.8 Å². The Kier molecular flexibility index (Phi) is 9.45. The lowest BCUT2D eigenvalue weighted by Gasteiger charge is -2.53. The molecule has 6 atom stereocenters. The highest BCUT2D eigenvalue weighted by Gasteiger charge is 2.53. The van der Waals surface area contributed by atoms with Gasteiger partial charge in [-0.25, -0.2) is 0 Å². The second-order valence-corrected chi connectivity index (χ2v) is 10.2. The van der Waals surface area contributed by atoms with Gasteiger partial charge in [0.25, 0.3) is 0 Å². The summed E-state index contributed by atoms with van der Waals surface area (Å²) in [5.74, 6) is 0.836. The molecule has 0 aliphatic carbocycles. The lowest BCUT2D eigenvalue weighted by atomic mass is 9.80. The molecule has 0 unspecified atom stereocenters.